The number of nitrogen functional groups attached to an aromatic ring is 2. The number of aromatic nitrogens is 10. The average Bonchev–Trinajstić information content (AvgIpc) is 3.84. The Morgan fingerprint density at radius 2 is 1.00 bits per heavy atom. The normalized spacial score (nSPS) is 11.4. The van der Waals surface area contributed by atoms with E-state index in [1.807, 2.05) is 102 Å². The standard InChI is InChI=1S/C27H18Cl2N6O.C21H13Cl2IN6/c28-20-9-2-1-8-19(20)23-17(11-15-6-4-10-21(29)24(15)33-23)13-35-27-22(26(30)31-14-32-27)25(34-35)16-5-3-7-18(36)12-16;22-14-6-2-1-5-13(14)17-12(8-11-4-3-7-15(23)18(11)28-17)9-30-21-16(19(24)29-30)20(25)26-10-27-21/h1-12,14,36H,13H2,(H2,30,31,32);1-8,10H,9H2,(H2,25,26,27). The zero-order valence-corrected chi connectivity index (χ0v) is 39.3. The van der Waals surface area contributed by atoms with Crippen molar-refractivity contribution in [3.8, 4) is 39.5 Å². The van der Waals surface area contributed by atoms with Gasteiger partial charge >= 0.3 is 0 Å². The van der Waals surface area contributed by atoms with Gasteiger partial charge in [-0.15, -0.1) is 0 Å². The maximum absolute atomic E-state index is 10.0. The summed E-state index contributed by atoms with van der Waals surface area (Å²) in [6.45, 7) is 0.772. The van der Waals surface area contributed by atoms with E-state index in [1.54, 1.807) is 22.9 Å². The molecule has 0 radical (unpaired) electrons. The van der Waals surface area contributed by atoms with Crippen molar-refractivity contribution >= 4 is 125 Å². The number of nitrogens with zero attached hydrogens (tertiary/aromatic N) is 10. The molecule has 0 fully saturated rings. The highest BCUT2D eigenvalue weighted by Gasteiger charge is 2.22. The molecule has 0 aliphatic carbocycles. The topological polar surface area (TPSA) is 185 Å². The molecular formula is C48H31Cl4IN12O. The van der Waals surface area contributed by atoms with Crippen molar-refractivity contribution < 1.29 is 5.11 Å². The van der Waals surface area contributed by atoms with Crippen LogP contribution in [0.4, 0.5) is 11.6 Å². The van der Waals surface area contributed by atoms with Crippen LogP contribution in [0.2, 0.25) is 20.1 Å². The minimum atomic E-state index is 0.127. The molecule has 13 nitrogen and oxygen atoms in total. The zero-order chi connectivity index (χ0) is 45.6. The highest BCUT2D eigenvalue weighted by molar-refractivity contribution is 14.1. The Kier molecular flexibility index (Phi) is 11.7. The summed E-state index contributed by atoms with van der Waals surface area (Å²) in [5.74, 6) is 0.840. The predicted molar refractivity (Wildman–Crippen MR) is 272 cm³/mol. The summed E-state index contributed by atoms with van der Waals surface area (Å²) in [6, 6.07) is 37.5. The summed E-state index contributed by atoms with van der Waals surface area (Å²) in [4.78, 5) is 26.9. The van der Waals surface area contributed by atoms with Crippen LogP contribution >= 0.6 is 69.0 Å². The van der Waals surface area contributed by atoms with Gasteiger partial charge in [-0.1, -0.05) is 119 Å². The molecule has 0 atom stereocenters. The molecule has 0 aliphatic heterocycles. The van der Waals surface area contributed by atoms with Crippen LogP contribution in [0, 0.1) is 3.70 Å². The minimum absolute atomic E-state index is 0.127. The third kappa shape index (κ3) is 8.15. The number of phenolic OH excluding ortho intramolecular Hbond substituents is 1. The van der Waals surface area contributed by atoms with E-state index in [0.717, 1.165) is 53.3 Å². The number of halogens is 5. The van der Waals surface area contributed by atoms with Crippen LogP contribution in [0.3, 0.4) is 0 Å². The lowest BCUT2D eigenvalue weighted by molar-refractivity contribution is 0.475. The number of rotatable bonds is 7. The molecule has 0 spiro atoms. The van der Waals surface area contributed by atoms with Crippen LogP contribution in [-0.2, 0) is 13.1 Å². The van der Waals surface area contributed by atoms with E-state index in [0.29, 0.717) is 84.0 Å². The number of aromatic hydroxyl groups is 1. The number of nitrogens with two attached hydrogens (primary N) is 2. The van der Waals surface area contributed by atoms with Crippen molar-refractivity contribution in [2.45, 2.75) is 13.1 Å². The molecule has 6 aromatic heterocycles. The predicted octanol–water partition coefficient (Wildman–Crippen LogP) is 11.9. The summed E-state index contributed by atoms with van der Waals surface area (Å²) in [5.41, 5.74) is 21.1. The van der Waals surface area contributed by atoms with Gasteiger partial charge < -0.3 is 16.6 Å². The molecule has 18 heteroatoms. The van der Waals surface area contributed by atoms with Crippen LogP contribution in [0.1, 0.15) is 11.1 Å². The third-order valence-electron chi connectivity index (χ3n) is 10.8. The first kappa shape index (κ1) is 43.2. The first-order chi connectivity index (χ1) is 32.0. The quantitative estimate of drug-likeness (QED) is 0.129. The summed E-state index contributed by atoms with van der Waals surface area (Å²) < 4.78 is 4.32. The summed E-state index contributed by atoms with van der Waals surface area (Å²) in [5, 5.41) is 25.1. The Balaban J connectivity index is 0.000000158. The molecule has 0 saturated heterocycles. The van der Waals surface area contributed by atoms with E-state index in [2.05, 4.69) is 53.7 Å². The summed E-state index contributed by atoms with van der Waals surface area (Å²) in [7, 11) is 0. The van der Waals surface area contributed by atoms with Gasteiger partial charge in [0.2, 0.25) is 0 Å². The molecular weight excluding hydrogens is 1030 g/mol. The van der Waals surface area contributed by atoms with Crippen molar-refractivity contribution in [1.29, 1.82) is 0 Å². The molecule has 0 saturated carbocycles. The average molecular weight is 1060 g/mol. The second kappa shape index (κ2) is 17.9. The monoisotopic (exact) mass is 1060 g/mol. The van der Waals surface area contributed by atoms with Gasteiger partial charge in [0.1, 0.15) is 39.4 Å². The Morgan fingerprint density at radius 3 is 1.55 bits per heavy atom. The third-order valence-corrected chi connectivity index (χ3v) is 12.9. The van der Waals surface area contributed by atoms with Crippen molar-refractivity contribution in [2.75, 3.05) is 11.5 Å². The van der Waals surface area contributed by atoms with Crippen LogP contribution in [0.15, 0.2) is 134 Å². The molecule has 11 rings (SSSR count). The fourth-order valence-corrected chi connectivity index (χ4v) is 9.52. The molecule has 0 amide bonds. The number of hydrogen-bond acceptors (Lipinski definition) is 11. The summed E-state index contributed by atoms with van der Waals surface area (Å²) >= 11 is 28.1. The van der Waals surface area contributed by atoms with Crippen LogP contribution in [-0.4, -0.2) is 54.6 Å². The number of fused-ring (bicyclic) bond motifs is 4. The van der Waals surface area contributed by atoms with Crippen molar-refractivity contribution in [3.63, 3.8) is 0 Å². The Bertz CT molecular complexity index is 3700. The van der Waals surface area contributed by atoms with E-state index in [4.69, 9.17) is 72.9 Å². The summed E-state index contributed by atoms with van der Waals surface area (Å²) in [6.07, 6.45) is 2.86. The van der Waals surface area contributed by atoms with E-state index in [-0.39, 0.29) is 5.75 Å². The van der Waals surface area contributed by atoms with Gasteiger partial charge in [-0.3, -0.25) is 0 Å². The molecule has 11 aromatic rings. The van der Waals surface area contributed by atoms with Gasteiger partial charge in [-0.2, -0.15) is 10.2 Å². The van der Waals surface area contributed by atoms with Gasteiger partial charge in [-0.25, -0.2) is 39.3 Å². The van der Waals surface area contributed by atoms with Gasteiger partial charge in [0.05, 0.1) is 56.3 Å². The van der Waals surface area contributed by atoms with Gasteiger partial charge in [0, 0.05) is 48.6 Å². The molecule has 0 unspecified atom stereocenters. The Labute approximate surface area is 409 Å². The van der Waals surface area contributed by atoms with E-state index in [9.17, 15) is 5.11 Å². The molecule has 5 N–H and O–H groups in total. The molecule has 324 valence electrons. The fourth-order valence-electron chi connectivity index (χ4n) is 7.84. The van der Waals surface area contributed by atoms with Gasteiger partial charge in [0.25, 0.3) is 0 Å². The van der Waals surface area contributed by atoms with Crippen LogP contribution in [0.25, 0.3) is 77.6 Å². The van der Waals surface area contributed by atoms with Crippen LogP contribution in [0.5, 0.6) is 5.75 Å². The number of anilines is 2. The van der Waals surface area contributed by atoms with Crippen molar-refractivity contribution in [3.05, 3.63) is 169 Å². The van der Waals surface area contributed by atoms with E-state index < -0.39 is 0 Å². The lowest BCUT2D eigenvalue weighted by Crippen LogP contribution is -2.06. The maximum Gasteiger partial charge on any atom is 0.164 e. The minimum Gasteiger partial charge on any atom is -0.508 e. The molecule has 6 heterocycles. The molecule has 5 aromatic carbocycles. The van der Waals surface area contributed by atoms with Crippen molar-refractivity contribution in [2.24, 2.45) is 0 Å². The van der Waals surface area contributed by atoms with Crippen molar-refractivity contribution in [1.82, 2.24) is 49.5 Å². The number of hydrogen-bond donors (Lipinski definition) is 3. The smallest absolute Gasteiger partial charge is 0.164 e. The second-order valence-electron chi connectivity index (χ2n) is 15.0. The first-order valence-corrected chi connectivity index (χ1v) is 22.7. The molecule has 0 aliphatic rings. The fraction of sp³-hybridized carbons (Fsp3) is 0.0417. The number of pyridine rings is 2. The van der Waals surface area contributed by atoms with E-state index in [1.165, 1.54) is 12.7 Å². The Morgan fingerprint density at radius 1 is 0.515 bits per heavy atom. The maximum atomic E-state index is 10.0. The number of benzene rings is 5. The first-order valence-electron chi connectivity index (χ1n) is 20.1. The van der Waals surface area contributed by atoms with Gasteiger partial charge in [0.15, 0.2) is 11.3 Å². The molecule has 0 bridgehead atoms. The van der Waals surface area contributed by atoms with E-state index >= 15 is 0 Å². The highest BCUT2D eigenvalue weighted by atomic mass is 127. The number of phenols is 1. The SMILES string of the molecule is Nc1ncnc2c1c(-c1cccc(O)c1)nn2Cc1cc2cccc(Cl)c2nc1-c1ccccc1Cl.Nc1ncnc2c1c(I)nn2Cc1cc2cccc(Cl)c2nc1-c1ccccc1Cl. The largest absolute Gasteiger partial charge is 0.508 e. The molecule has 66 heavy (non-hydrogen) atoms. The lowest BCUT2D eigenvalue weighted by Gasteiger charge is -2.13. The number of para-hydroxylation sites is 2. The zero-order valence-electron chi connectivity index (χ0n) is 34.1. The second-order valence-corrected chi connectivity index (χ2v) is 17.6. The lowest BCUT2D eigenvalue weighted by atomic mass is 10.0. The Hall–Kier alpha value is -6.69. The highest BCUT2D eigenvalue weighted by Crippen LogP contribution is 2.37. The van der Waals surface area contributed by atoms with Gasteiger partial charge in [-0.05, 0) is 71.1 Å². The van der Waals surface area contributed by atoms with Crippen LogP contribution < -0.4 is 11.5 Å².